The SMILES string of the molecule is CCC(CC)=NNC(=O)COc1cc(Cl)c(Cl)cc1Cl. The van der Waals surface area contributed by atoms with Crippen molar-refractivity contribution < 1.29 is 9.53 Å². The molecule has 0 spiro atoms. The summed E-state index contributed by atoms with van der Waals surface area (Å²) in [5.74, 6) is -0.0714. The van der Waals surface area contributed by atoms with Crippen LogP contribution < -0.4 is 10.2 Å². The summed E-state index contributed by atoms with van der Waals surface area (Å²) in [6, 6.07) is 2.93. The van der Waals surface area contributed by atoms with Crippen molar-refractivity contribution >= 4 is 46.4 Å². The predicted molar refractivity (Wildman–Crippen MR) is 83.1 cm³/mol. The minimum Gasteiger partial charge on any atom is -0.482 e. The smallest absolute Gasteiger partial charge is 0.277 e. The molecule has 1 amide bonds. The Labute approximate surface area is 133 Å². The number of carbonyl (C=O) groups excluding carboxylic acids is 1. The van der Waals surface area contributed by atoms with Crippen LogP contribution in [0.4, 0.5) is 0 Å². The van der Waals surface area contributed by atoms with E-state index in [1.807, 2.05) is 13.8 Å². The standard InChI is InChI=1S/C13H15Cl3N2O2/c1-3-8(4-2)17-18-13(19)7-20-12-6-10(15)9(14)5-11(12)16/h5-6H,3-4,7H2,1-2H3,(H,18,19). The lowest BCUT2D eigenvalue weighted by Gasteiger charge is -2.08. The maximum Gasteiger partial charge on any atom is 0.277 e. The van der Waals surface area contributed by atoms with Crippen molar-refractivity contribution in [2.75, 3.05) is 6.61 Å². The summed E-state index contributed by atoms with van der Waals surface area (Å²) < 4.78 is 5.28. The lowest BCUT2D eigenvalue weighted by molar-refractivity contribution is -0.123. The third-order valence-corrected chi connectivity index (χ3v) is 3.51. The van der Waals surface area contributed by atoms with Crippen molar-refractivity contribution in [3.63, 3.8) is 0 Å². The molecule has 7 heteroatoms. The quantitative estimate of drug-likeness (QED) is 0.477. The maximum atomic E-state index is 11.6. The maximum absolute atomic E-state index is 11.6. The second-order valence-corrected chi connectivity index (χ2v) is 5.13. The van der Waals surface area contributed by atoms with Gasteiger partial charge in [0.25, 0.3) is 5.91 Å². The molecule has 0 unspecified atom stereocenters. The summed E-state index contributed by atoms with van der Waals surface area (Å²) in [5.41, 5.74) is 3.33. The average Bonchev–Trinajstić information content (AvgIpc) is 2.42. The number of nitrogens with one attached hydrogen (secondary N) is 1. The van der Waals surface area contributed by atoms with Crippen LogP contribution in [-0.4, -0.2) is 18.2 Å². The number of carbonyl (C=O) groups is 1. The van der Waals surface area contributed by atoms with Gasteiger partial charge in [0.15, 0.2) is 6.61 Å². The normalized spacial score (nSPS) is 10.1. The van der Waals surface area contributed by atoms with E-state index in [-0.39, 0.29) is 12.5 Å². The molecular weight excluding hydrogens is 323 g/mol. The van der Waals surface area contributed by atoms with Gasteiger partial charge in [0.2, 0.25) is 0 Å². The molecule has 0 atom stereocenters. The van der Waals surface area contributed by atoms with E-state index in [0.717, 1.165) is 18.6 Å². The number of benzene rings is 1. The van der Waals surface area contributed by atoms with Gasteiger partial charge in [-0.3, -0.25) is 4.79 Å². The monoisotopic (exact) mass is 336 g/mol. The molecule has 0 aliphatic carbocycles. The molecule has 1 rings (SSSR count). The Morgan fingerprint density at radius 2 is 1.75 bits per heavy atom. The Kier molecular flexibility index (Phi) is 7.13. The molecule has 0 aromatic heterocycles. The van der Waals surface area contributed by atoms with Crippen LogP contribution in [-0.2, 0) is 4.79 Å². The first-order valence-corrected chi connectivity index (χ1v) is 7.22. The van der Waals surface area contributed by atoms with Crippen LogP contribution >= 0.6 is 34.8 Å². The first kappa shape index (κ1) is 17.1. The Balaban J connectivity index is 2.57. The van der Waals surface area contributed by atoms with Crippen molar-refractivity contribution in [3.8, 4) is 5.75 Å². The van der Waals surface area contributed by atoms with Gasteiger partial charge in [-0.1, -0.05) is 48.7 Å². The van der Waals surface area contributed by atoms with Crippen molar-refractivity contribution in [2.24, 2.45) is 5.10 Å². The Morgan fingerprint density at radius 3 is 2.35 bits per heavy atom. The van der Waals surface area contributed by atoms with Crippen molar-refractivity contribution in [3.05, 3.63) is 27.2 Å². The number of halogens is 3. The summed E-state index contributed by atoms with van der Waals surface area (Å²) in [6.45, 7) is 3.74. The molecule has 20 heavy (non-hydrogen) atoms. The zero-order valence-corrected chi connectivity index (χ0v) is 13.4. The van der Waals surface area contributed by atoms with Gasteiger partial charge in [-0.15, -0.1) is 0 Å². The van der Waals surface area contributed by atoms with Crippen LogP contribution in [0.2, 0.25) is 15.1 Å². The molecule has 1 aromatic rings. The summed E-state index contributed by atoms with van der Waals surface area (Å²) in [7, 11) is 0. The first-order valence-electron chi connectivity index (χ1n) is 6.09. The van der Waals surface area contributed by atoms with Crippen LogP contribution in [0.15, 0.2) is 17.2 Å². The second kappa shape index (κ2) is 8.35. The van der Waals surface area contributed by atoms with Crippen LogP contribution in [0.1, 0.15) is 26.7 Å². The fraction of sp³-hybridized carbons (Fsp3) is 0.385. The summed E-state index contributed by atoms with van der Waals surface area (Å²) in [5, 5.41) is 4.91. The first-order chi connectivity index (χ1) is 9.47. The predicted octanol–water partition coefficient (Wildman–Crippen LogP) is 4.32. The lowest BCUT2D eigenvalue weighted by Crippen LogP contribution is -2.25. The third kappa shape index (κ3) is 5.19. The van der Waals surface area contributed by atoms with E-state index in [4.69, 9.17) is 39.5 Å². The summed E-state index contributed by atoms with van der Waals surface area (Å²) in [4.78, 5) is 11.6. The molecule has 1 aromatic carbocycles. The molecule has 0 heterocycles. The zero-order chi connectivity index (χ0) is 15.1. The summed E-state index contributed by atoms with van der Waals surface area (Å²) >= 11 is 17.6. The molecule has 0 saturated carbocycles. The number of hydrazone groups is 1. The fourth-order valence-corrected chi connectivity index (χ4v) is 1.93. The minimum atomic E-state index is -0.369. The largest absolute Gasteiger partial charge is 0.482 e. The van der Waals surface area contributed by atoms with Crippen LogP contribution in [0.3, 0.4) is 0 Å². The zero-order valence-electron chi connectivity index (χ0n) is 11.2. The van der Waals surface area contributed by atoms with Gasteiger partial charge in [-0.05, 0) is 18.9 Å². The van der Waals surface area contributed by atoms with E-state index in [0.29, 0.717) is 20.8 Å². The third-order valence-electron chi connectivity index (χ3n) is 2.49. The number of ether oxygens (including phenoxy) is 1. The van der Waals surface area contributed by atoms with Crippen molar-refractivity contribution in [1.82, 2.24) is 5.43 Å². The van der Waals surface area contributed by atoms with E-state index >= 15 is 0 Å². The molecule has 4 nitrogen and oxygen atoms in total. The van der Waals surface area contributed by atoms with Crippen LogP contribution in [0.25, 0.3) is 0 Å². The van der Waals surface area contributed by atoms with E-state index < -0.39 is 0 Å². The van der Waals surface area contributed by atoms with Gasteiger partial charge in [-0.2, -0.15) is 5.10 Å². The Hall–Kier alpha value is -0.970. The molecule has 110 valence electrons. The highest BCUT2D eigenvalue weighted by Crippen LogP contribution is 2.33. The molecule has 0 fully saturated rings. The highest BCUT2D eigenvalue weighted by molar-refractivity contribution is 6.43. The molecule has 0 saturated heterocycles. The number of rotatable bonds is 6. The van der Waals surface area contributed by atoms with Gasteiger partial charge < -0.3 is 4.74 Å². The Bertz CT molecular complexity index is 513. The molecule has 0 aliphatic heterocycles. The summed E-state index contributed by atoms with van der Waals surface area (Å²) in [6.07, 6.45) is 1.58. The van der Waals surface area contributed by atoms with Crippen molar-refractivity contribution in [2.45, 2.75) is 26.7 Å². The van der Waals surface area contributed by atoms with E-state index in [2.05, 4.69) is 10.5 Å². The average molecular weight is 338 g/mol. The van der Waals surface area contributed by atoms with Gasteiger partial charge in [-0.25, -0.2) is 5.43 Å². The topological polar surface area (TPSA) is 50.7 Å². The molecular formula is C13H15Cl3N2O2. The molecule has 0 bridgehead atoms. The molecule has 0 radical (unpaired) electrons. The molecule has 0 aliphatic rings. The van der Waals surface area contributed by atoms with Gasteiger partial charge in [0.05, 0.1) is 15.1 Å². The van der Waals surface area contributed by atoms with Crippen molar-refractivity contribution in [1.29, 1.82) is 0 Å². The number of amides is 1. The second-order valence-electron chi connectivity index (χ2n) is 3.91. The van der Waals surface area contributed by atoms with Crippen LogP contribution in [0.5, 0.6) is 5.75 Å². The van der Waals surface area contributed by atoms with Gasteiger partial charge in [0, 0.05) is 11.8 Å². The van der Waals surface area contributed by atoms with Gasteiger partial charge >= 0.3 is 0 Å². The van der Waals surface area contributed by atoms with E-state index in [9.17, 15) is 4.79 Å². The number of hydrogen-bond donors (Lipinski definition) is 1. The molecule has 1 N–H and O–H groups in total. The fourth-order valence-electron chi connectivity index (χ4n) is 1.34. The number of hydrogen-bond acceptors (Lipinski definition) is 3. The number of nitrogens with zero attached hydrogens (tertiary/aromatic N) is 1. The highest BCUT2D eigenvalue weighted by Gasteiger charge is 2.09. The highest BCUT2D eigenvalue weighted by atomic mass is 35.5. The van der Waals surface area contributed by atoms with E-state index in [1.165, 1.54) is 12.1 Å². The lowest BCUT2D eigenvalue weighted by atomic mass is 10.2. The Morgan fingerprint density at radius 1 is 1.15 bits per heavy atom. The van der Waals surface area contributed by atoms with Gasteiger partial charge in [0.1, 0.15) is 5.75 Å². The van der Waals surface area contributed by atoms with E-state index in [1.54, 1.807) is 0 Å². The van der Waals surface area contributed by atoms with Crippen LogP contribution in [0, 0.1) is 0 Å². The minimum absolute atomic E-state index is 0.206.